The molecule has 0 bridgehead atoms. The first kappa shape index (κ1) is 24.5. The Labute approximate surface area is 221 Å². The fraction of sp³-hybridized carbons (Fsp3) is 0.129. The van der Waals surface area contributed by atoms with Crippen LogP contribution in [0.25, 0.3) is 6.08 Å². The predicted molar refractivity (Wildman–Crippen MR) is 149 cm³/mol. The van der Waals surface area contributed by atoms with Crippen molar-refractivity contribution in [2.75, 3.05) is 19.1 Å². The van der Waals surface area contributed by atoms with Crippen molar-refractivity contribution in [3.05, 3.63) is 125 Å². The zero-order valence-electron chi connectivity index (χ0n) is 20.7. The Balaban J connectivity index is 1.43. The maximum atomic E-state index is 13.7. The first-order chi connectivity index (χ1) is 18.2. The van der Waals surface area contributed by atoms with Crippen molar-refractivity contribution in [1.82, 2.24) is 0 Å². The van der Waals surface area contributed by atoms with Crippen molar-refractivity contribution in [1.29, 1.82) is 0 Å². The van der Waals surface area contributed by atoms with E-state index in [2.05, 4.69) is 0 Å². The molecule has 4 aromatic rings. The number of carbonyl (C=O) groups excluding carboxylic acids is 1. The largest absolute Gasteiger partial charge is 0.497 e. The van der Waals surface area contributed by atoms with Gasteiger partial charge in [-0.3, -0.25) is 9.69 Å². The highest BCUT2D eigenvalue weighted by Crippen LogP contribution is 2.48. The molecule has 5 nitrogen and oxygen atoms in total. The number of nitrogens with zero attached hydrogens (tertiary/aromatic N) is 1. The minimum atomic E-state index is -0.192. The molecular weight excluding hydrogens is 482 g/mol. The van der Waals surface area contributed by atoms with Gasteiger partial charge in [-0.25, -0.2) is 0 Å². The van der Waals surface area contributed by atoms with Crippen molar-refractivity contribution in [3.63, 3.8) is 0 Å². The second-order valence-electron chi connectivity index (χ2n) is 8.45. The number of methoxy groups -OCH3 is 2. The summed E-state index contributed by atoms with van der Waals surface area (Å²) >= 11 is 1.53. The molecule has 1 heterocycles. The number of ether oxygens (including phenoxy) is 3. The topological polar surface area (TPSA) is 48.0 Å². The van der Waals surface area contributed by atoms with E-state index in [1.165, 1.54) is 11.8 Å². The van der Waals surface area contributed by atoms with Crippen LogP contribution in [0.4, 0.5) is 5.69 Å². The van der Waals surface area contributed by atoms with E-state index in [9.17, 15) is 4.79 Å². The lowest BCUT2D eigenvalue weighted by molar-refractivity contribution is -0.114. The fourth-order valence-corrected chi connectivity index (χ4v) is 5.41. The van der Waals surface area contributed by atoms with Gasteiger partial charge < -0.3 is 14.2 Å². The number of hydrogen-bond donors (Lipinski definition) is 0. The van der Waals surface area contributed by atoms with Crippen LogP contribution in [0.2, 0.25) is 0 Å². The maximum Gasteiger partial charge on any atom is 0.266 e. The molecule has 186 valence electrons. The number of rotatable bonds is 8. The molecule has 1 saturated heterocycles. The van der Waals surface area contributed by atoms with E-state index >= 15 is 0 Å². The molecule has 37 heavy (non-hydrogen) atoms. The third-order valence-electron chi connectivity index (χ3n) is 6.06. The van der Waals surface area contributed by atoms with Crippen LogP contribution in [0.15, 0.2) is 108 Å². The Morgan fingerprint density at radius 1 is 0.811 bits per heavy atom. The molecule has 0 saturated carbocycles. The van der Waals surface area contributed by atoms with E-state index in [1.54, 1.807) is 14.2 Å². The van der Waals surface area contributed by atoms with Gasteiger partial charge in [-0.15, -0.1) is 0 Å². The number of thioether (sulfide) groups is 1. The zero-order valence-corrected chi connectivity index (χ0v) is 21.5. The second kappa shape index (κ2) is 11.3. The Morgan fingerprint density at radius 3 is 2.19 bits per heavy atom. The summed E-state index contributed by atoms with van der Waals surface area (Å²) in [5.74, 6) is 2.01. The van der Waals surface area contributed by atoms with E-state index in [1.807, 2.05) is 114 Å². The highest BCUT2D eigenvalue weighted by Gasteiger charge is 2.38. The first-order valence-corrected chi connectivity index (χ1v) is 12.8. The van der Waals surface area contributed by atoms with Gasteiger partial charge in [-0.05, 0) is 59.2 Å². The second-order valence-corrected chi connectivity index (χ2v) is 9.57. The summed E-state index contributed by atoms with van der Waals surface area (Å²) < 4.78 is 16.9. The molecule has 0 aliphatic carbocycles. The molecule has 1 fully saturated rings. The normalized spacial score (nSPS) is 16.2. The predicted octanol–water partition coefficient (Wildman–Crippen LogP) is 7.10. The third-order valence-corrected chi connectivity index (χ3v) is 7.31. The van der Waals surface area contributed by atoms with Crippen LogP contribution < -0.4 is 19.1 Å². The minimum absolute atomic E-state index is 0.0413. The summed E-state index contributed by atoms with van der Waals surface area (Å²) in [7, 11) is 3.26. The molecule has 4 aromatic carbocycles. The summed E-state index contributed by atoms with van der Waals surface area (Å²) in [4.78, 5) is 16.2. The Morgan fingerprint density at radius 2 is 1.51 bits per heavy atom. The summed E-state index contributed by atoms with van der Waals surface area (Å²) in [6.07, 6.45) is 1.91. The van der Waals surface area contributed by atoms with Gasteiger partial charge in [0.05, 0.1) is 19.1 Å². The molecule has 5 rings (SSSR count). The molecule has 1 aliphatic rings. The number of carbonyl (C=O) groups is 1. The van der Waals surface area contributed by atoms with Gasteiger partial charge in [0.2, 0.25) is 0 Å². The van der Waals surface area contributed by atoms with E-state index in [-0.39, 0.29) is 11.3 Å². The van der Waals surface area contributed by atoms with Crippen molar-refractivity contribution in [2.24, 2.45) is 0 Å². The van der Waals surface area contributed by atoms with Crippen molar-refractivity contribution in [2.45, 2.75) is 12.0 Å². The molecule has 0 aromatic heterocycles. The standard InChI is InChI=1S/C31H27NO4S/c1-34-26-16-14-24(15-17-26)31-32(25-11-7-4-8-12-25)30(33)29(37-31)20-23-13-18-27(28(19-23)35-2)36-21-22-9-5-3-6-10-22/h3-20,31H,21H2,1-2H3. The molecule has 1 amide bonds. The van der Waals surface area contributed by atoms with Crippen LogP contribution in [0, 0.1) is 0 Å². The summed E-state index contributed by atoms with van der Waals surface area (Å²) in [6.45, 7) is 0.446. The van der Waals surface area contributed by atoms with Gasteiger partial charge >= 0.3 is 0 Å². The van der Waals surface area contributed by atoms with Crippen LogP contribution in [0.3, 0.4) is 0 Å². The van der Waals surface area contributed by atoms with Gasteiger partial charge in [0, 0.05) is 5.69 Å². The lowest BCUT2D eigenvalue weighted by Gasteiger charge is -2.23. The smallest absolute Gasteiger partial charge is 0.266 e. The molecule has 0 spiro atoms. The number of benzene rings is 4. The van der Waals surface area contributed by atoms with Gasteiger partial charge in [-0.1, -0.05) is 78.5 Å². The zero-order chi connectivity index (χ0) is 25.6. The van der Waals surface area contributed by atoms with Crippen LogP contribution in [0.5, 0.6) is 17.2 Å². The highest BCUT2D eigenvalue weighted by atomic mass is 32.2. The highest BCUT2D eigenvalue weighted by molar-refractivity contribution is 8.05. The van der Waals surface area contributed by atoms with Gasteiger partial charge in [0.1, 0.15) is 17.7 Å². The summed E-state index contributed by atoms with van der Waals surface area (Å²) in [5.41, 5.74) is 3.82. The van der Waals surface area contributed by atoms with E-state index in [0.29, 0.717) is 23.0 Å². The van der Waals surface area contributed by atoms with Crippen molar-refractivity contribution >= 4 is 29.4 Å². The number of hydrogen-bond acceptors (Lipinski definition) is 5. The van der Waals surface area contributed by atoms with E-state index in [0.717, 1.165) is 28.1 Å². The minimum Gasteiger partial charge on any atom is -0.497 e. The molecular formula is C31H27NO4S. The molecule has 1 unspecified atom stereocenters. The average molecular weight is 510 g/mol. The lowest BCUT2D eigenvalue weighted by Crippen LogP contribution is -2.27. The van der Waals surface area contributed by atoms with Gasteiger partial charge in [-0.2, -0.15) is 0 Å². The molecule has 0 N–H and O–H groups in total. The third kappa shape index (κ3) is 5.49. The Hall–Kier alpha value is -4.16. The fourth-order valence-electron chi connectivity index (χ4n) is 4.15. The monoisotopic (exact) mass is 509 g/mol. The van der Waals surface area contributed by atoms with E-state index in [4.69, 9.17) is 14.2 Å². The SMILES string of the molecule is COc1ccc(C2SC(=Cc3ccc(OCc4ccccc4)c(OC)c3)C(=O)N2c2ccccc2)cc1. The molecule has 6 heteroatoms. The van der Waals surface area contributed by atoms with Crippen molar-refractivity contribution in [3.8, 4) is 17.2 Å². The van der Waals surface area contributed by atoms with Gasteiger partial charge in [0.15, 0.2) is 11.5 Å². The average Bonchev–Trinajstić information content (AvgIpc) is 3.28. The number of anilines is 1. The Bertz CT molecular complexity index is 1390. The number of amides is 1. The summed E-state index contributed by atoms with van der Waals surface area (Å²) in [6, 6.07) is 33.3. The van der Waals surface area contributed by atoms with Crippen LogP contribution >= 0.6 is 11.8 Å². The van der Waals surface area contributed by atoms with Crippen LogP contribution in [-0.2, 0) is 11.4 Å². The first-order valence-electron chi connectivity index (χ1n) is 11.9. The lowest BCUT2D eigenvalue weighted by atomic mass is 10.1. The number of para-hydroxylation sites is 1. The molecule has 1 aliphatic heterocycles. The Kier molecular flexibility index (Phi) is 7.47. The van der Waals surface area contributed by atoms with Crippen molar-refractivity contribution < 1.29 is 19.0 Å². The summed E-state index contributed by atoms with van der Waals surface area (Å²) in [5, 5.41) is -0.192. The maximum absolute atomic E-state index is 13.7. The van der Waals surface area contributed by atoms with Crippen LogP contribution in [0.1, 0.15) is 22.1 Å². The molecule has 1 atom stereocenters. The van der Waals surface area contributed by atoms with E-state index < -0.39 is 0 Å². The molecule has 0 radical (unpaired) electrons. The van der Waals surface area contributed by atoms with Gasteiger partial charge in [0.25, 0.3) is 5.91 Å². The van der Waals surface area contributed by atoms with Crippen LogP contribution in [-0.4, -0.2) is 20.1 Å². The quantitative estimate of drug-likeness (QED) is 0.237.